The highest BCUT2D eigenvalue weighted by Gasteiger charge is 2.19. The van der Waals surface area contributed by atoms with Gasteiger partial charge >= 0.3 is 0 Å². The Bertz CT molecular complexity index is 224. The molecule has 12 heavy (non-hydrogen) atoms. The fourth-order valence-corrected chi connectivity index (χ4v) is 1.25. The molecular weight excluding hydrogens is 214 g/mol. The molecule has 1 aliphatic carbocycles. The van der Waals surface area contributed by atoms with Gasteiger partial charge in [0.1, 0.15) is 0 Å². The van der Waals surface area contributed by atoms with Crippen molar-refractivity contribution in [2.24, 2.45) is 10.9 Å². The predicted molar refractivity (Wildman–Crippen MR) is 57.7 cm³/mol. The standard InChI is InChI=1S/C10H14BrN/c1-3-10(11)7-12-8(2)9-5-4-6-9/h3,7,9H,1,4-6H2,2H3/b10-7+,12-8?. The van der Waals surface area contributed by atoms with Crippen molar-refractivity contribution in [2.75, 3.05) is 0 Å². The van der Waals surface area contributed by atoms with Gasteiger partial charge in [-0.15, -0.1) is 0 Å². The van der Waals surface area contributed by atoms with E-state index >= 15 is 0 Å². The fourth-order valence-electron chi connectivity index (χ4n) is 1.15. The Morgan fingerprint density at radius 3 is 2.67 bits per heavy atom. The van der Waals surface area contributed by atoms with Crippen LogP contribution in [0, 0.1) is 5.92 Å². The van der Waals surface area contributed by atoms with Gasteiger partial charge in [-0.1, -0.05) is 19.1 Å². The van der Waals surface area contributed by atoms with Gasteiger partial charge in [-0.2, -0.15) is 0 Å². The molecule has 1 aliphatic rings. The third-order valence-corrected chi connectivity index (χ3v) is 2.81. The van der Waals surface area contributed by atoms with Gasteiger partial charge in [0.15, 0.2) is 0 Å². The van der Waals surface area contributed by atoms with Crippen LogP contribution >= 0.6 is 15.9 Å². The van der Waals surface area contributed by atoms with Crippen LogP contribution in [0.5, 0.6) is 0 Å². The molecule has 0 bridgehead atoms. The summed E-state index contributed by atoms with van der Waals surface area (Å²) in [7, 11) is 0. The lowest BCUT2D eigenvalue weighted by atomic mass is 9.82. The van der Waals surface area contributed by atoms with Gasteiger partial charge in [0.25, 0.3) is 0 Å². The van der Waals surface area contributed by atoms with E-state index in [0.717, 1.165) is 10.4 Å². The lowest BCUT2D eigenvalue weighted by molar-refractivity contribution is 0.412. The van der Waals surface area contributed by atoms with Gasteiger partial charge in [-0.3, -0.25) is 4.99 Å². The number of allylic oxidation sites excluding steroid dienone is 2. The molecule has 0 amide bonds. The van der Waals surface area contributed by atoms with Crippen LogP contribution in [-0.4, -0.2) is 5.71 Å². The summed E-state index contributed by atoms with van der Waals surface area (Å²) in [4.78, 5) is 4.35. The van der Waals surface area contributed by atoms with E-state index in [0.29, 0.717) is 0 Å². The molecule has 1 saturated carbocycles. The van der Waals surface area contributed by atoms with Gasteiger partial charge < -0.3 is 0 Å². The molecule has 0 aromatic heterocycles. The monoisotopic (exact) mass is 227 g/mol. The van der Waals surface area contributed by atoms with Gasteiger partial charge in [-0.25, -0.2) is 0 Å². The molecule has 0 saturated heterocycles. The third-order valence-electron chi connectivity index (χ3n) is 2.28. The van der Waals surface area contributed by atoms with Crippen LogP contribution in [0.15, 0.2) is 28.3 Å². The van der Waals surface area contributed by atoms with Crippen molar-refractivity contribution in [3.8, 4) is 0 Å². The Labute approximate surface area is 82.4 Å². The average molecular weight is 228 g/mol. The van der Waals surface area contributed by atoms with Crippen molar-refractivity contribution in [2.45, 2.75) is 26.2 Å². The summed E-state index contributed by atoms with van der Waals surface area (Å²) in [5.41, 5.74) is 1.25. The first-order valence-corrected chi connectivity index (χ1v) is 5.05. The summed E-state index contributed by atoms with van der Waals surface area (Å²) < 4.78 is 0.946. The zero-order valence-corrected chi connectivity index (χ0v) is 8.97. The first kappa shape index (κ1) is 9.72. The zero-order chi connectivity index (χ0) is 8.97. The van der Waals surface area contributed by atoms with E-state index in [9.17, 15) is 0 Å². The minimum atomic E-state index is 0.742. The van der Waals surface area contributed by atoms with E-state index in [-0.39, 0.29) is 0 Å². The molecular formula is C10H14BrN. The van der Waals surface area contributed by atoms with Crippen molar-refractivity contribution in [1.29, 1.82) is 0 Å². The first-order valence-electron chi connectivity index (χ1n) is 4.26. The highest BCUT2D eigenvalue weighted by molar-refractivity contribution is 9.11. The molecule has 1 nitrogen and oxygen atoms in total. The molecule has 0 aliphatic heterocycles. The Hall–Kier alpha value is -0.370. The van der Waals surface area contributed by atoms with Crippen LogP contribution in [0.25, 0.3) is 0 Å². The van der Waals surface area contributed by atoms with E-state index in [2.05, 4.69) is 34.4 Å². The Morgan fingerprint density at radius 1 is 1.58 bits per heavy atom. The van der Waals surface area contributed by atoms with Crippen LogP contribution in [0.1, 0.15) is 26.2 Å². The van der Waals surface area contributed by atoms with E-state index < -0.39 is 0 Å². The predicted octanol–water partition coefficient (Wildman–Crippen LogP) is 3.67. The molecule has 0 heterocycles. The largest absolute Gasteiger partial charge is 0.265 e. The summed E-state index contributed by atoms with van der Waals surface area (Å²) in [5.74, 6) is 0.742. The summed E-state index contributed by atoms with van der Waals surface area (Å²) in [6.07, 6.45) is 7.56. The quantitative estimate of drug-likeness (QED) is 0.516. The maximum atomic E-state index is 4.35. The van der Waals surface area contributed by atoms with Crippen molar-refractivity contribution in [3.05, 3.63) is 23.3 Å². The average Bonchev–Trinajstić information content (AvgIpc) is 1.97. The first-order chi connectivity index (χ1) is 5.74. The summed E-state index contributed by atoms with van der Waals surface area (Å²) in [6.45, 7) is 5.73. The van der Waals surface area contributed by atoms with Crippen molar-refractivity contribution in [3.63, 3.8) is 0 Å². The Balaban J connectivity index is 2.49. The second kappa shape index (κ2) is 4.61. The minimum Gasteiger partial charge on any atom is -0.265 e. The van der Waals surface area contributed by atoms with Crippen LogP contribution in [-0.2, 0) is 0 Å². The maximum Gasteiger partial charge on any atom is 0.0409 e. The summed E-state index contributed by atoms with van der Waals surface area (Å²) in [6, 6.07) is 0. The van der Waals surface area contributed by atoms with Crippen molar-refractivity contribution >= 4 is 21.6 Å². The number of aliphatic imine (C=N–C) groups is 1. The van der Waals surface area contributed by atoms with Crippen molar-refractivity contribution < 1.29 is 0 Å². The molecule has 2 heteroatoms. The third kappa shape index (κ3) is 2.59. The van der Waals surface area contributed by atoms with Gasteiger partial charge in [-0.05, 0) is 41.6 Å². The Morgan fingerprint density at radius 2 is 2.25 bits per heavy atom. The smallest absolute Gasteiger partial charge is 0.0409 e. The van der Waals surface area contributed by atoms with Crippen LogP contribution in [0.2, 0.25) is 0 Å². The van der Waals surface area contributed by atoms with Crippen LogP contribution in [0.4, 0.5) is 0 Å². The van der Waals surface area contributed by atoms with E-state index in [4.69, 9.17) is 0 Å². The highest BCUT2D eigenvalue weighted by atomic mass is 79.9. The van der Waals surface area contributed by atoms with Gasteiger partial charge in [0.05, 0.1) is 0 Å². The van der Waals surface area contributed by atoms with Crippen LogP contribution in [0.3, 0.4) is 0 Å². The lowest BCUT2D eigenvalue weighted by Gasteiger charge is -2.24. The lowest BCUT2D eigenvalue weighted by Crippen LogP contribution is -2.18. The molecule has 66 valence electrons. The molecule has 0 radical (unpaired) electrons. The molecule has 0 unspecified atom stereocenters. The fraction of sp³-hybridized carbons (Fsp3) is 0.500. The molecule has 0 N–H and O–H groups in total. The van der Waals surface area contributed by atoms with E-state index in [1.807, 2.05) is 6.20 Å². The van der Waals surface area contributed by atoms with Gasteiger partial charge in [0, 0.05) is 16.4 Å². The minimum absolute atomic E-state index is 0.742. The molecule has 0 spiro atoms. The normalized spacial score (nSPS) is 20.5. The zero-order valence-electron chi connectivity index (χ0n) is 7.39. The highest BCUT2D eigenvalue weighted by Crippen LogP contribution is 2.27. The summed E-state index contributed by atoms with van der Waals surface area (Å²) in [5, 5.41) is 0. The van der Waals surface area contributed by atoms with E-state index in [1.54, 1.807) is 6.08 Å². The van der Waals surface area contributed by atoms with Gasteiger partial charge in [0.2, 0.25) is 0 Å². The number of nitrogens with zero attached hydrogens (tertiary/aromatic N) is 1. The molecule has 0 atom stereocenters. The number of rotatable bonds is 3. The SMILES string of the molecule is C=C/C(Br)=C\N=C(C)C1CCC1. The maximum absolute atomic E-state index is 4.35. The molecule has 1 fully saturated rings. The number of hydrogen-bond donors (Lipinski definition) is 0. The topological polar surface area (TPSA) is 12.4 Å². The second-order valence-electron chi connectivity index (χ2n) is 3.12. The van der Waals surface area contributed by atoms with Crippen molar-refractivity contribution in [1.82, 2.24) is 0 Å². The van der Waals surface area contributed by atoms with E-state index in [1.165, 1.54) is 25.0 Å². The van der Waals surface area contributed by atoms with Crippen LogP contribution < -0.4 is 0 Å². The molecule has 1 rings (SSSR count). The molecule has 0 aromatic carbocycles. The molecule has 0 aromatic rings. The number of hydrogen-bond acceptors (Lipinski definition) is 1. The second-order valence-corrected chi connectivity index (χ2v) is 4.03. The Kier molecular flexibility index (Phi) is 3.73. The summed E-state index contributed by atoms with van der Waals surface area (Å²) >= 11 is 3.33. The number of halogens is 1.